The molecule has 2 unspecified atom stereocenters. The quantitative estimate of drug-likeness (QED) is 0.190. The summed E-state index contributed by atoms with van der Waals surface area (Å²) in [6.45, 7) is 11.9. The van der Waals surface area contributed by atoms with E-state index in [0.717, 1.165) is 32.6 Å². The fourth-order valence-electron chi connectivity index (χ4n) is 5.25. The second-order valence-electron chi connectivity index (χ2n) is 11.3. The Bertz CT molecular complexity index is 586. The van der Waals surface area contributed by atoms with Crippen molar-refractivity contribution in [1.82, 2.24) is 9.80 Å². The number of ketones is 1. The highest BCUT2D eigenvalue weighted by Gasteiger charge is 2.46. The van der Waals surface area contributed by atoms with Crippen molar-refractivity contribution in [3.8, 4) is 0 Å². The van der Waals surface area contributed by atoms with Gasteiger partial charge in [0.1, 0.15) is 5.60 Å². The maximum Gasteiger partial charge on any atom is 0.189 e. The van der Waals surface area contributed by atoms with E-state index in [4.69, 9.17) is 9.47 Å². The maximum atomic E-state index is 12.9. The molecule has 0 spiro atoms. The smallest absolute Gasteiger partial charge is 0.189 e. The third-order valence-electron chi connectivity index (χ3n) is 7.92. The zero-order valence-corrected chi connectivity index (χ0v) is 23.6. The minimum atomic E-state index is -0.801. The number of unbranched alkanes of at least 4 members (excludes halogenated alkanes) is 13. The molecule has 0 aromatic rings. The van der Waals surface area contributed by atoms with Crippen LogP contribution in [0.5, 0.6) is 0 Å². The van der Waals surface area contributed by atoms with Gasteiger partial charge in [0.2, 0.25) is 0 Å². The van der Waals surface area contributed by atoms with E-state index < -0.39 is 11.9 Å². The number of hydrogen-bond donors (Lipinski definition) is 0. The van der Waals surface area contributed by atoms with Crippen molar-refractivity contribution in [1.29, 1.82) is 0 Å². The Hall–Kier alpha value is -0.750. The van der Waals surface area contributed by atoms with E-state index in [1.54, 1.807) is 12.2 Å². The monoisotopic (exact) mass is 492 g/mol. The molecule has 0 radical (unpaired) electrons. The lowest BCUT2D eigenvalue weighted by atomic mass is 9.83. The zero-order valence-electron chi connectivity index (χ0n) is 23.6. The SMILES string of the molecule is CCCCCCCCCCCCCCCCOC1C=CC(=O)C(CN2CCN(C)CC2)(C(C)C)O1. The van der Waals surface area contributed by atoms with E-state index in [1.807, 2.05) is 0 Å². The normalized spacial score (nSPS) is 24.0. The fraction of sp³-hybridized carbons (Fsp3) is 0.900. The van der Waals surface area contributed by atoms with Gasteiger partial charge in [0.25, 0.3) is 0 Å². The van der Waals surface area contributed by atoms with Gasteiger partial charge in [-0.15, -0.1) is 0 Å². The van der Waals surface area contributed by atoms with Crippen LogP contribution in [0.1, 0.15) is 111 Å². The average Bonchev–Trinajstić information content (AvgIpc) is 2.84. The Morgan fingerprint density at radius 2 is 1.40 bits per heavy atom. The largest absolute Gasteiger partial charge is 0.349 e. The topological polar surface area (TPSA) is 42.0 Å². The average molecular weight is 493 g/mol. The summed E-state index contributed by atoms with van der Waals surface area (Å²) >= 11 is 0. The molecular formula is C30H56N2O3. The van der Waals surface area contributed by atoms with Gasteiger partial charge >= 0.3 is 0 Å². The van der Waals surface area contributed by atoms with Gasteiger partial charge in [0.15, 0.2) is 12.1 Å². The number of carbonyl (C=O) groups excluding carboxylic acids is 1. The second-order valence-corrected chi connectivity index (χ2v) is 11.3. The predicted molar refractivity (Wildman–Crippen MR) is 147 cm³/mol. The molecule has 0 saturated carbocycles. The third kappa shape index (κ3) is 11.5. The van der Waals surface area contributed by atoms with E-state index in [0.29, 0.717) is 13.2 Å². The summed E-state index contributed by atoms with van der Waals surface area (Å²) in [4.78, 5) is 17.7. The van der Waals surface area contributed by atoms with E-state index in [9.17, 15) is 4.79 Å². The van der Waals surface area contributed by atoms with Gasteiger partial charge in [-0.2, -0.15) is 0 Å². The first-order valence-corrected chi connectivity index (χ1v) is 14.9. The van der Waals surface area contributed by atoms with E-state index in [2.05, 4.69) is 37.6 Å². The van der Waals surface area contributed by atoms with Crippen molar-refractivity contribution in [3.05, 3.63) is 12.2 Å². The van der Waals surface area contributed by atoms with Crippen LogP contribution in [0.4, 0.5) is 0 Å². The Kier molecular flexibility index (Phi) is 15.4. The summed E-state index contributed by atoms with van der Waals surface area (Å²) in [7, 11) is 2.15. The van der Waals surface area contributed by atoms with Crippen molar-refractivity contribution >= 4 is 5.78 Å². The Labute approximate surface area is 217 Å². The van der Waals surface area contributed by atoms with Crippen LogP contribution in [-0.4, -0.2) is 73.9 Å². The van der Waals surface area contributed by atoms with Crippen LogP contribution < -0.4 is 0 Å². The first-order chi connectivity index (χ1) is 17.0. The van der Waals surface area contributed by atoms with Crippen molar-refractivity contribution in [2.24, 2.45) is 5.92 Å². The fourth-order valence-corrected chi connectivity index (χ4v) is 5.25. The number of piperazine rings is 1. The van der Waals surface area contributed by atoms with E-state index in [-0.39, 0.29) is 11.7 Å². The van der Waals surface area contributed by atoms with Gasteiger partial charge in [-0.3, -0.25) is 9.69 Å². The van der Waals surface area contributed by atoms with Crippen LogP contribution in [0, 0.1) is 5.92 Å². The highest BCUT2D eigenvalue weighted by atomic mass is 16.7. The molecule has 35 heavy (non-hydrogen) atoms. The van der Waals surface area contributed by atoms with Crippen molar-refractivity contribution in [3.63, 3.8) is 0 Å². The number of rotatable bonds is 19. The van der Waals surface area contributed by atoms with Gasteiger partial charge in [-0.1, -0.05) is 104 Å². The number of nitrogens with zero attached hydrogens (tertiary/aromatic N) is 2. The molecule has 2 aliphatic heterocycles. The molecule has 0 aromatic heterocycles. The Balaban J connectivity index is 1.55. The van der Waals surface area contributed by atoms with Gasteiger partial charge in [-0.25, -0.2) is 0 Å². The van der Waals surface area contributed by atoms with Crippen LogP contribution in [0.2, 0.25) is 0 Å². The molecule has 1 saturated heterocycles. The number of carbonyl (C=O) groups is 1. The van der Waals surface area contributed by atoms with E-state index >= 15 is 0 Å². The highest BCUT2D eigenvalue weighted by Crippen LogP contribution is 2.31. The van der Waals surface area contributed by atoms with Gasteiger partial charge in [0.05, 0.1) is 6.61 Å². The molecule has 1 fully saturated rings. The minimum absolute atomic E-state index is 0.0859. The van der Waals surface area contributed by atoms with Gasteiger partial charge in [-0.05, 0) is 31.5 Å². The van der Waals surface area contributed by atoms with Crippen molar-refractivity contribution < 1.29 is 14.3 Å². The van der Waals surface area contributed by atoms with Crippen LogP contribution >= 0.6 is 0 Å². The minimum Gasteiger partial charge on any atom is -0.349 e. The first kappa shape index (κ1) is 30.5. The Morgan fingerprint density at radius 1 is 0.886 bits per heavy atom. The van der Waals surface area contributed by atoms with Gasteiger partial charge < -0.3 is 14.4 Å². The molecule has 0 amide bonds. The summed E-state index contributed by atoms with van der Waals surface area (Å²) in [5.74, 6) is 0.189. The Morgan fingerprint density at radius 3 is 1.91 bits per heavy atom. The van der Waals surface area contributed by atoms with Crippen LogP contribution in [-0.2, 0) is 14.3 Å². The summed E-state index contributed by atoms with van der Waals surface area (Å²) in [6, 6.07) is 0. The molecule has 0 aromatic carbocycles. The molecule has 2 atom stereocenters. The third-order valence-corrected chi connectivity index (χ3v) is 7.92. The van der Waals surface area contributed by atoms with E-state index in [1.165, 1.54) is 83.5 Å². The lowest BCUT2D eigenvalue weighted by Crippen LogP contribution is -2.59. The molecule has 2 rings (SSSR count). The van der Waals surface area contributed by atoms with Crippen LogP contribution in [0.3, 0.4) is 0 Å². The number of likely N-dealkylation sites (N-methyl/N-ethyl adjacent to an activating group) is 1. The maximum absolute atomic E-state index is 12.9. The summed E-state index contributed by atoms with van der Waals surface area (Å²) in [5, 5.41) is 0. The molecule has 0 aliphatic carbocycles. The molecular weight excluding hydrogens is 436 g/mol. The first-order valence-electron chi connectivity index (χ1n) is 14.9. The number of ether oxygens (including phenoxy) is 2. The standard InChI is InChI=1S/C30H56N2O3/c1-5-6-7-8-9-10-11-12-13-14-15-16-17-18-25-34-29-20-19-28(33)30(35-29,27(2)3)26-32-23-21-31(4)22-24-32/h19-20,27,29H,5-18,21-26H2,1-4H3. The molecule has 2 heterocycles. The second kappa shape index (κ2) is 17.7. The lowest BCUT2D eigenvalue weighted by molar-refractivity contribution is -0.212. The lowest BCUT2D eigenvalue weighted by Gasteiger charge is -2.44. The van der Waals surface area contributed by atoms with Crippen LogP contribution in [0.25, 0.3) is 0 Å². The predicted octanol–water partition coefficient (Wildman–Crippen LogP) is 6.61. The summed E-state index contributed by atoms with van der Waals surface area (Å²) in [6.07, 6.45) is 22.1. The molecule has 5 nitrogen and oxygen atoms in total. The van der Waals surface area contributed by atoms with Crippen molar-refractivity contribution in [2.45, 2.75) is 123 Å². The summed E-state index contributed by atoms with van der Waals surface area (Å²) in [5.41, 5.74) is -0.801. The molecule has 2 aliphatic rings. The highest BCUT2D eigenvalue weighted by molar-refractivity contribution is 5.98. The molecule has 0 N–H and O–H groups in total. The summed E-state index contributed by atoms with van der Waals surface area (Å²) < 4.78 is 12.4. The molecule has 0 bridgehead atoms. The van der Waals surface area contributed by atoms with Crippen molar-refractivity contribution in [2.75, 3.05) is 46.4 Å². The molecule has 204 valence electrons. The van der Waals surface area contributed by atoms with Gasteiger partial charge in [0, 0.05) is 32.7 Å². The van der Waals surface area contributed by atoms with Crippen LogP contribution in [0.15, 0.2) is 12.2 Å². The molecule has 5 heteroatoms. The number of hydrogen-bond acceptors (Lipinski definition) is 5. The zero-order chi connectivity index (χ0) is 25.4.